The zero-order valence-corrected chi connectivity index (χ0v) is 18.3. The Balaban J connectivity index is 1.60. The van der Waals surface area contributed by atoms with Gasteiger partial charge in [-0.3, -0.25) is 0 Å². The summed E-state index contributed by atoms with van der Waals surface area (Å²) in [7, 11) is 3.51. The quantitative estimate of drug-likeness (QED) is 0.551. The van der Waals surface area contributed by atoms with Gasteiger partial charge in [0.25, 0.3) is 0 Å². The average Bonchev–Trinajstić information content (AvgIpc) is 3.17. The minimum Gasteiger partial charge on any atom is -0.496 e. The molecule has 1 aromatic carbocycles. The third-order valence-corrected chi connectivity index (χ3v) is 6.07. The van der Waals surface area contributed by atoms with Gasteiger partial charge in [-0.15, -0.1) is 0 Å². The molecule has 8 heteroatoms. The van der Waals surface area contributed by atoms with Gasteiger partial charge in [0.15, 0.2) is 5.65 Å². The number of aliphatic hydroxyl groups excluding tert-OH is 1. The highest BCUT2D eigenvalue weighted by Gasteiger charge is 2.23. The number of anilines is 1. The Morgan fingerprint density at radius 2 is 2.13 bits per heavy atom. The topological polar surface area (TPSA) is 86.3 Å². The first-order valence-electron chi connectivity index (χ1n) is 10.3. The molecule has 1 saturated heterocycles. The number of nitrogens with zero attached hydrogens (tertiary/aromatic N) is 3. The van der Waals surface area contributed by atoms with Crippen molar-refractivity contribution in [1.29, 1.82) is 0 Å². The highest BCUT2D eigenvalue weighted by molar-refractivity contribution is 6.34. The molecule has 0 aliphatic carbocycles. The van der Waals surface area contributed by atoms with Crippen LogP contribution in [-0.2, 0) is 0 Å². The summed E-state index contributed by atoms with van der Waals surface area (Å²) in [5.41, 5.74) is 4.33. The fourth-order valence-electron chi connectivity index (χ4n) is 4.29. The number of aromatic amines is 1. The summed E-state index contributed by atoms with van der Waals surface area (Å²) < 4.78 is 5.72. The van der Waals surface area contributed by atoms with Crippen LogP contribution in [-0.4, -0.2) is 64.9 Å². The largest absolute Gasteiger partial charge is 0.496 e. The predicted octanol–water partition coefficient (Wildman–Crippen LogP) is 3.89. The van der Waals surface area contributed by atoms with Crippen molar-refractivity contribution in [2.75, 3.05) is 39.1 Å². The number of hydrogen-bond donors (Lipinski definition) is 3. The maximum Gasteiger partial charge on any atom is 0.180 e. The van der Waals surface area contributed by atoms with E-state index >= 15 is 0 Å². The average molecular weight is 430 g/mol. The molecule has 160 valence electrons. The summed E-state index contributed by atoms with van der Waals surface area (Å²) in [6.07, 6.45) is 3.48. The van der Waals surface area contributed by atoms with E-state index in [2.05, 4.69) is 43.4 Å². The van der Waals surface area contributed by atoms with Crippen molar-refractivity contribution in [3.63, 3.8) is 0 Å². The van der Waals surface area contributed by atoms with E-state index in [9.17, 15) is 5.11 Å². The summed E-state index contributed by atoms with van der Waals surface area (Å²) in [6.45, 7) is 4.59. The summed E-state index contributed by atoms with van der Waals surface area (Å²) in [5, 5.41) is 13.3. The van der Waals surface area contributed by atoms with E-state index in [1.807, 2.05) is 14.0 Å². The molecule has 4 rings (SSSR count). The number of halogens is 1. The summed E-state index contributed by atoms with van der Waals surface area (Å²) in [6, 6.07) is 6.35. The van der Waals surface area contributed by atoms with Crippen LogP contribution in [0.1, 0.15) is 31.2 Å². The van der Waals surface area contributed by atoms with Gasteiger partial charge in [-0.25, -0.2) is 9.97 Å². The Morgan fingerprint density at radius 1 is 1.37 bits per heavy atom. The number of piperidine rings is 1. The molecule has 1 aliphatic heterocycles. The van der Waals surface area contributed by atoms with Crippen molar-refractivity contribution in [1.82, 2.24) is 19.9 Å². The number of imidazole rings is 1. The molecule has 3 heterocycles. The highest BCUT2D eigenvalue weighted by Crippen LogP contribution is 2.37. The number of benzene rings is 1. The lowest BCUT2D eigenvalue weighted by molar-refractivity contribution is 0.109. The number of pyridine rings is 1. The van der Waals surface area contributed by atoms with Crippen LogP contribution in [0.25, 0.3) is 22.6 Å². The number of ether oxygens (including phenoxy) is 1. The minimum atomic E-state index is -0.280. The van der Waals surface area contributed by atoms with E-state index in [1.54, 1.807) is 13.3 Å². The first-order valence-corrected chi connectivity index (χ1v) is 10.7. The molecule has 0 amide bonds. The SMILES string of the molecule is CNc1c(Cl)cnc2nc(-c3ccc(C4CCN(C[C@@H](C)O)CC4)cc3OC)[nH]c12. The van der Waals surface area contributed by atoms with Crippen LogP contribution in [0.4, 0.5) is 5.69 Å². The molecule has 3 aromatic rings. The Bertz CT molecular complexity index is 1030. The van der Waals surface area contributed by atoms with E-state index in [4.69, 9.17) is 16.3 Å². The first-order chi connectivity index (χ1) is 14.5. The maximum absolute atomic E-state index is 9.61. The van der Waals surface area contributed by atoms with Crippen LogP contribution < -0.4 is 10.1 Å². The molecule has 0 unspecified atom stereocenters. The Kier molecular flexibility index (Phi) is 6.13. The van der Waals surface area contributed by atoms with Crippen LogP contribution in [0, 0.1) is 0 Å². The number of nitrogens with one attached hydrogen (secondary N) is 2. The van der Waals surface area contributed by atoms with E-state index in [1.165, 1.54) is 5.56 Å². The molecular formula is C22H28ClN5O2. The van der Waals surface area contributed by atoms with Gasteiger partial charge in [0.1, 0.15) is 17.1 Å². The number of β-amino-alcohol motifs (C(OH)–C–C–N with tert-alkyl or cyclic N) is 1. The van der Waals surface area contributed by atoms with Gasteiger partial charge in [-0.2, -0.15) is 0 Å². The maximum atomic E-state index is 9.61. The van der Waals surface area contributed by atoms with Gasteiger partial charge in [-0.05, 0) is 56.5 Å². The normalized spacial score (nSPS) is 16.7. The van der Waals surface area contributed by atoms with Gasteiger partial charge in [0, 0.05) is 13.6 Å². The molecule has 30 heavy (non-hydrogen) atoms. The number of fused-ring (bicyclic) bond motifs is 1. The smallest absolute Gasteiger partial charge is 0.180 e. The molecule has 0 radical (unpaired) electrons. The van der Waals surface area contributed by atoms with Crippen molar-refractivity contribution in [2.45, 2.75) is 31.8 Å². The molecular weight excluding hydrogens is 402 g/mol. The lowest BCUT2D eigenvalue weighted by Crippen LogP contribution is -2.37. The van der Waals surface area contributed by atoms with Crippen molar-refractivity contribution in [3.8, 4) is 17.1 Å². The standard InChI is InChI=1S/C22H28ClN5O2/c1-13(29)12-28-8-6-14(7-9-28)15-4-5-16(18(10-15)30-3)21-26-20-19(24-2)17(23)11-25-22(20)27-21/h4-5,10-11,13-14,29H,6-9,12H2,1-3H3,(H2,24,25,26,27)/t13-/m1/s1. The van der Waals surface area contributed by atoms with Gasteiger partial charge >= 0.3 is 0 Å². The summed E-state index contributed by atoms with van der Waals surface area (Å²) in [5.74, 6) is 1.98. The van der Waals surface area contributed by atoms with Gasteiger partial charge in [-0.1, -0.05) is 17.7 Å². The second kappa shape index (κ2) is 8.79. The Labute approximate surface area is 181 Å². The predicted molar refractivity (Wildman–Crippen MR) is 121 cm³/mol. The third-order valence-electron chi connectivity index (χ3n) is 5.79. The van der Waals surface area contributed by atoms with E-state index in [0.29, 0.717) is 22.4 Å². The molecule has 3 N–H and O–H groups in total. The second-order valence-electron chi connectivity index (χ2n) is 7.90. The number of aromatic nitrogens is 3. The van der Waals surface area contributed by atoms with Crippen LogP contribution in [0.2, 0.25) is 5.02 Å². The number of methoxy groups -OCH3 is 1. The van der Waals surface area contributed by atoms with Gasteiger partial charge < -0.3 is 25.0 Å². The van der Waals surface area contributed by atoms with Gasteiger partial charge in [0.2, 0.25) is 0 Å². The monoisotopic (exact) mass is 429 g/mol. The Hall–Kier alpha value is -2.35. The lowest BCUT2D eigenvalue weighted by atomic mass is 9.88. The zero-order chi connectivity index (χ0) is 21.3. The Morgan fingerprint density at radius 3 is 2.80 bits per heavy atom. The minimum absolute atomic E-state index is 0.280. The summed E-state index contributed by atoms with van der Waals surface area (Å²) >= 11 is 6.25. The van der Waals surface area contributed by atoms with Crippen molar-refractivity contribution in [3.05, 3.63) is 35.0 Å². The lowest BCUT2D eigenvalue weighted by Gasteiger charge is -2.33. The second-order valence-corrected chi connectivity index (χ2v) is 8.31. The molecule has 0 saturated carbocycles. The van der Waals surface area contributed by atoms with Crippen LogP contribution in [0.5, 0.6) is 5.75 Å². The van der Waals surface area contributed by atoms with Crippen LogP contribution >= 0.6 is 11.6 Å². The van der Waals surface area contributed by atoms with E-state index < -0.39 is 0 Å². The van der Waals surface area contributed by atoms with Crippen molar-refractivity contribution < 1.29 is 9.84 Å². The third kappa shape index (κ3) is 4.10. The molecule has 1 fully saturated rings. The number of aliphatic hydroxyl groups is 1. The first kappa shape index (κ1) is 20.9. The number of hydrogen-bond acceptors (Lipinski definition) is 6. The molecule has 0 bridgehead atoms. The van der Waals surface area contributed by atoms with Crippen LogP contribution in [0.15, 0.2) is 24.4 Å². The fraction of sp³-hybridized carbons (Fsp3) is 0.455. The van der Waals surface area contributed by atoms with E-state index in [0.717, 1.165) is 55.0 Å². The zero-order valence-electron chi connectivity index (χ0n) is 17.6. The number of H-pyrrole nitrogens is 1. The molecule has 1 atom stereocenters. The molecule has 1 aliphatic rings. The highest BCUT2D eigenvalue weighted by atomic mass is 35.5. The van der Waals surface area contributed by atoms with E-state index in [-0.39, 0.29) is 6.10 Å². The fourth-order valence-corrected chi connectivity index (χ4v) is 4.52. The number of likely N-dealkylation sites (tertiary alicyclic amines) is 1. The number of rotatable bonds is 6. The molecule has 7 nitrogen and oxygen atoms in total. The molecule has 2 aromatic heterocycles. The van der Waals surface area contributed by atoms with Crippen molar-refractivity contribution >= 4 is 28.5 Å². The summed E-state index contributed by atoms with van der Waals surface area (Å²) in [4.78, 5) is 14.6. The van der Waals surface area contributed by atoms with Crippen molar-refractivity contribution in [2.24, 2.45) is 0 Å². The molecule has 0 spiro atoms. The van der Waals surface area contributed by atoms with Gasteiger partial charge in [0.05, 0.1) is 35.7 Å². The van der Waals surface area contributed by atoms with Crippen LogP contribution in [0.3, 0.4) is 0 Å².